The molecule has 0 unspecified atom stereocenters. The van der Waals surface area contributed by atoms with Crippen LogP contribution in [0, 0.1) is 0 Å². The molecule has 0 spiro atoms. The van der Waals surface area contributed by atoms with Crippen LogP contribution in [0.1, 0.15) is 25.3 Å². The Morgan fingerprint density at radius 3 is 2.44 bits per heavy atom. The maximum atomic E-state index is 11.9. The predicted octanol–water partition coefficient (Wildman–Crippen LogP) is 3.16. The van der Waals surface area contributed by atoms with E-state index in [-0.39, 0.29) is 18.4 Å². The second-order valence-corrected chi connectivity index (χ2v) is 5.60. The van der Waals surface area contributed by atoms with Crippen LogP contribution in [0.25, 0.3) is 0 Å². The number of anilines is 1. The number of hydrogen-bond donors (Lipinski definition) is 2. The van der Waals surface area contributed by atoms with Crippen molar-refractivity contribution in [3.05, 3.63) is 60.2 Å². The van der Waals surface area contributed by atoms with Gasteiger partial charge in [-0.2, -0.15) is 0 Å². The number of aryl methyl sites for hydroxylation is 1. The van der Waals surface area contributed by atoms with Crippen LogP contribution in [0.2, 0.25) is 0 Å². The van der Waals surface area contributed by atoms with Gasteiger partial charge >= 0.3 is 0 Å². The molecule has 0 bridgehead atoms. The van der Waals surface area contributed by atoms with E-state index >= 15 is 0 Å². The second-order valence-electron chi connectivity index (χ2n) is 5.60. The summed E-state index contributed by atoms with van der Waals surface area (Å²) in [6.07, 6.45) is 1.76. The average Bonchev–Trinajstić information content (AvgIpc) is 2.65. The molecule has 0 aliphatic carbocycles. The minimum Gasteiger partial charge on any atom is -0.494 e. The van der Waals surface area contributed by atoms with Crippen molar-refractivity contribution in [2.24, 2.45) is 0 Å². The third-order valence-electron chi connectivity index (χ3n) is 3.68. The molecule has 0 heterocycles. The molecule has 2 rings (SSSR count). The van der Waals surface area contributed by atoms with Gasteiger partial charge in [-0.1, -0.05) is 43.3 Å². The summed E-state index contributed by atoms with van der Waals surface area (Å²) in [5, 5.41) is 5.46. The van der Waals surface area contributed by atoms with Crippen LogP contribution >= 0.6 is 0 Å². The first-order chi connectivity index (χ1) is 12.2. The summed E-state index contributed by atoms with van der Waals surface area (Å²) in [6, 6.07) is 17.1. The average molecular weight is 340 g/mol. The minimum atomic E-state index is -0.227. The molecule has 132 valence electrons. The van der Waals surface area contributed by atoms with Gasteiger partial charge in [0.1, 0.15) is 5.75 Å². The summed E-state index contributed by atoms with van der Waals surface area (Å²) in [5.41, 5.74) is 1.86. The van der Waals surface area contributed by atoms with Gasteiger partial charge in [-0.3, -0.25) is 9.59 Å². The summed E-state index contributed by atoms with van der Waals surface area (Å²) in [7, 11) is 0. The smallest absolute Gasteiger partial charge is 0.243 e. The molecule has 0 aliphatic heterocycles. The van der Waals surface area contributed by atoms with Gasteiger partial charge in [0.05, 0.1) is 13.2 Å². The lowest BCUT2D eigenvalue weighted by molar-refractivity contribution is -0.124. The Hall–Kier alpha value is -2.82. The van der Waals surface area contributed by atoms with E-state index in [2.05, 4.69) is 10.6 Å². The van der Waals surface area contributed by atoms with E-state index in [1.54, 1.807) is 0 Å². The van der Waals surface area contributed by atoms with Crippen LogP contribution in [0.4, 0.5) is 5.69 Å². The lowest BCUT2D eigenvalue weighted by atomic mass is 10.1. The fourth-order valence-electron chi connectivity index (χ4n) is 2.35. The molecule has 0 saturated heterocycles. The highest BCUT2D eigenvalue weighted by molar-refractivity contribution is 5.95. The highest BCUT2D eigenvalue weighted by atomic mass is 16.5. The quantitative estimate of drug-likeness (QED) is 0.689. The van der Waals surface area contributed by atoms with Gasteiger partial charge in [-0.05, 0) is 36.6 Å². The van der Waals surface area contributed by atoms with E-state index in [0.717, 1.165) is 23.4 Å². The highest BCUT2D eigenvalue weighted by Crippen LogP contribution is 2.15. The van der Waals surface area contributed by atoms with Crippen molar-refractivity contribution >= 4 is 17.5 Å². The number of para-hydroxylation sites is 2. The number of benzene rings is 2. The molecule has 0 radical (unpaired) electrons. The van der Waals surface area contributed by atoms with Crippen LogP contribution < -0.4 is 15.4 Å². The third-order valence-corrected chi connectivity index (χ3v) is 3.68. The lowest BCUT2D eigenvalue weighted by Crippen LogP contribution is -2.33. The van der Waals surface area contributed by atoms with Gasteiger partial charge in [0.2, 0.25) is 11.8 Å². The Morgan fingerprint density at radius 1 is 0.960 bits per heavy atom. The summed E-state index contributed by atoms with van der Waals surface area (Å²) >= 11 is 0. The molecular formula is C20H24N2O3. The number of carbonyl (C=O) groups is 2. The number of hydrogen-bond acceptors (Lipinski definition) is 3. The number of carbonyl (C=O) groups excluding carboxylic acids is 2. The van der Waals surface area contributed by atoms with E-state index in [1.165, 1.54) is 0 Å². The predicted molar refractivity (Wildman–Crippen MR) is 98.6 cm³/mol. The van der Waals surface area contributed by atoms with Gasteiger partial charge in [0.15, 0.2) is 0 Å². The molecule has 0 atom stereocenters. The largest absolute Gasteiger partial charge is 0.494 e. The Balaban J connectivity index is 1.63. The monoisotopic (exact) mass is 340 g/mol. The molecule has 5 heteroatoms. The van der Waals surface area contributed by atoms with Crippen molar-refractivity contribution in [3.63, 3.8) is 0 Å². The number of amides is 2. The zero-order chi connectivity index (χ0) is 17.9. The second kappa shape index (κ2) is 10.1. The first kappa shape index (κ1) is 18.5. The SMILES string of the molecule is CCc1ccccc1NC(=O)CNC(=O)CCCOc1ccccc1. The molecular weight excluding hydrogens is 316 g/mol. The van der Waals surface area contributed by atoms with Crippen LogP contribution in [-0.4, -0.2) is 25.0 Å². The van der Waals surface area contributed by atoms with Crippen LogP contribution in [0.15, 0.2) is 54.6 Å². The van der Waals surface area contributed by atoms with E-state index in [4.69, 9.17) is 4.74 Å². The molecule has 2 N–H and O–H groups in total. The highest BCUT2D eigenvalue weighted by Gasteiger charge is 2.08. The first-order valence-corrected chi connectivity index (χ1v) is 8.51. The van der Waals surface area contributed by atoms with Crippen LogP contribution in [-0.2, 0) is 16.0 Å². The standard InChI is InChI=1S/C20H24N2O3/c1-2-16-9-6-7-12-18(16)22-20(24)15-21-19(23)13-8-14-25-17-10-4-3-5-11-17/h3-7,9-12H,2,8,13-15H2,1H3,(H,21,23)(H,22,24). The van der Waals surface area contributed by atoms with Gasteiger partial charge in [-0.25, -0.2) is 0 Å². The molecule has 0 aliphatic rings. The Morgan fingerprint density at radius 2 is 1.68 bits per heavy atom. The zero-order valence-corrected chi connectivity index (χ0v) is 14.5. The Labute approximate surface area is 148 Å². The maximum Gasteiger partial charge on any atom is 0.243 e. The Bertz CT molecular complexity index is 686. The molecule has 2 aromatic carbocycles. The molecule has 0 aromatic heterocycles. The number of nitrogens with one attached hydrogen (secondary N) is 2. The number of ether oxygens (including phenoxy) is 1. The molecule has 0 fully saturated rings. The number of rotatable bonds is 9. The first-order valence-electron chi connectivity index (χ1n) is 8.51. The van der Waals surface area contributed by atoms with Crippen molar-refractivity contribution in [3.8, 4) is 5.75 Å². The van der Waals surface area contributed by atoms with Gasteiger partial charge < -0.3 is 15.4 Å². The summed E-state index contributed by atoms with van der Waals surface area (Å²) in [6.45, 7) is 2.47. The lowest BCUT2D eigenvalue weighted by Gasteiger charge is -2.10. The summed E-state index contributed by atoms with van der Waals surface area (Å²) in [5.74, 6) is 0.405. The van der Waals surface area contributed by atoms with Crippen molar-refractivity contribution in [1.82, 2.24) is 5.32 Å². The topological polar surface area (TPSA) is 67.4 Å². The van der Waals surface area contributed by atoms with Crippen molar-refractivity contribution in [2.75, 3.05) is 18.5 Å². The normalized spacial score (nSPS) is 10.1. The van der Waals surface area contributed by atoms with E-state index in [0.29, 0.717) is 19.4 Å². The van der Waals surface area contributed by atoms with Crippen molar-refractivity contribution in [2.45, 2.75) is 26.2 Å². The van der Waals surface area contributed by atoms with E-state index < -0.39 is 0 Å². The molecule has 0 saturated carbocycles. The van der Waals surface area contributed by atoms with Crippen molar-refractivity contribution < 1.29 is 14.3 Å². The van der Waals surface area contributed by atoms with Crippen molar-refractivity contribution in [1.29, 1.82) is 0 Å². The third kappa shape index (κ3) is 6.67. The molecule has 25 heavy (non-hydrogen) atoms. The Kier molecular flexibility index (Phi) is 7.50. The minimum absolute atomic E-state index is 0.0313. The van der Waals surface area contributed by atoms with Gasteiger partial charge in [0, 0.05) is 12.1 Å². The molecule has 2 aromatic rings. The maximum absolute atomic E-state index is 11.9. The zero-order valence-electron chi connectivity index (χ0n) is 14.5. The molecule has 5 nitrogen and oxygen atoms in total. The fourth-order valence-corrected chi connectivity index (χ4v) is 2.35. The summed E-state index contributed by atoms with van der Waals surface area (Å²) in [4.78, 5) is 23.7. The van der Waals surface area contributed by atoms with Gasteiger partial charge in [0.25, 0.3) is 0 Å². The molecule has 2 amide bonds. The summed E-state index contributed by atoms with van der Waals surface area (Å²) < 4.78 is 5.53. The van der Waals surface area contributed by atoms with E-state index in [9.17, 15) is 9.59 Å². The van der Waals surface area contributed by atoms with Crippen LogP contribution in [0.5, 0.6) is 5.75 Å². The van der Waals surface area contributed by atoms with E-state index in [1.807, 2.05) is 61.5 Å². The van der Waals surface area contributed by atoms with Gasteiger partial charge in [-0.15, -0.1) is 0 Å². The van der Waals surface area contributed by atoms with Crippen LogP contribution in [0.3, 0.4) is 0 Å². The fraction of sp³-hybridized carbons (Fsp3) is 0.300.